The van der Waals surface area contributed by atoms with Gasteiger partial charge in [0.2, 0.25) is 0 Å². The zero-order valence-electron chi connectivity index (χ0n) is 11.4. The van der Waals surface area contributed by atoms with Crippen molar-refractivity contribution in [3.05, 3.63) is 34.9 Å². The fraction of sp³-hybridized carbons (Fsp3) is 0.600. The Labute approximate surface area is 116 Å². The minimum Gasteiger partial charge on any atom is -0.381 e. The van der Waals surface area contributed by atoms with Crippen LogP contribution in [0.5, 0.6) is 0 Å². The van der Waals surface area contributed by atoms with Crippen molar-refractivity contribution in [3.63, 3.8) is 0 Å². The van der Waals surface area contributed by atoms with Gasteiger partial charge in [0, 0.05) is 24.8 Å². The third-order valence-electron chi connectivity index (χ3n) is 2.92. The molecule has 1 aromatic rings. The molecule has 18 heavy (non-hydrogen) atoms. The first-order valence-electron chi connectivity index (χ1n) is 6.81. The van der Waals surface area contributed by atoms with E-state index in [-0.39, 0.29) is 0 Å². The van der Waals surface area contributed by atoms with Crippen molar-refractivity contribution >= 4 is 11.6 Å². The van der Waals surface area contributed by atoms with Gasteiger partial charge in [-0.3, -0.25) is 0 Å². The number of benzene rings is 1. The van der Waals surface area contributed by atoms with E-state index >= 15 is 0 Å². The van der Waals surface area contributed by atoms with Crippen LogP contribution in [0.1, 0.15) is 38.2 Å². The van der Waals surface area contributed by atoms with Gasteiger partial charge in [0.25, 0.3) is 0 Å². The Morgan fingerprint density at radius 3 is 2.78 bits per heavy atom. The number of halogens is 1. The molecule has 1 unspecified atom stereocenters. The first-order chi connectivity index (χ1) is 8.77. The first kappa shape index (κ1) is 15.5. The highest BCUT2D eigenvalue weighted by Gasteiger charge is 2.11. The smallest absolute Gasteiger partial charge is 0.0472 e. The van der Waals surface area contributed by atoms with E-state index in [1.807, 2.05) is 12.1 Å². The molecule has 0 amide bonds. The number of hydrogen-bond acceptors (Lipinski definition) is 2. The maximum absolute atomic E-state index is 6.06. The highest BCUT2D eigenvalue weighted by molar-refractivity contribution is 6.30. The van der Waals surface area contributed by atoms with Crippen LogP contribution < -0.4 is 5.32 Å². The zero-order chi connectivity index (χ0) is 13.2. The van der Waals surface area contributed by atoms with Crippen molar-refractivity contribution in [2.45, 2.75) is 32.6 Å². The second-order valence-electron chi connectivity index (χ2n) is 4.46. The molecule has 0 aromatic heterocycles. The molecule has 0 aliphatic carbocycles. The summed E-state index contributed by atoms with van der Waals surface area (Å²) in [6.07, 6.45) is 2.11. The van der Waals surface area contributed by atoms with Gasteiger partial charge >= 0.3 is 0 Å². The Balaban J connectivity index is 2.54. The van der Waals surface area contributed by atoms with Gasteiger partial charge in [0.15, 0.2) is 0 Å². The average molecular weight is 270 g/mol. The van der Waals surface area contributed by atoms with Crippen molar-refractivity contribution in [1.29, 1.82) is 0 Å². The van der Waals surface area contributed by atoms with E-state index < -0.39 is 0 Å². The van der Waals surface area contributed by atoms with Crippen molar-refractivity contribution in [2.24, 2.45) is 0 Å². The van der Waals surface area contributed by atoms with E-state index in [1.54, 1.807) is 0 Å². The highest BCUT2D eigenvalue weighted by atomic mass is 35.5. The monoisotopic (exact) mass is 269 g/mol. The van der Waals surface area contributed by atoms with Crippen LogP contribution in [0.25, 0.3) is 0 Å². The molecule has 0 saturated heterocycles. The topological polar surface area (TPSA) is 21.3 Å². The van der Waals surface area contributed by atoms with Gasteiger partial charge in [0.1, 0.15) is 0 Å². The minimum atomic E-state index is 0.473. The normalized spacial score (nSPS) is 12.6. The lowest BCUT2D eigenvalue weighted by molar-refractivity contribution is 0.127. The molecule has 0 spiro atoms. The summed E-state index contributed by atoms with van der Waals surface area (Å²) in [6.45, 7) is 7.90. The minimum absolute atomic E-state index is 0.473. The maximum Gasteiger partial charge on any atom is 0.0472 e. The van der Waals surface area contributed by atoms with Crippen molar-refractivity contribution < 1.29 is 4.74 Å². The molecule has 1 N–H and O–H groups in total. The number of rotatable bonds is 9. The molecule has 1 atom stereocenters. The van der Waals surface area contributed by atoms with Gasteiger partial charge in [-0.05, 0) is 43.0 Å². The van der Waals surface area contributed by atoms with E-state index in [2.05, 4.69) is 31.3 Å². The molecule has 0 aliphatic rings. The van der Waals surface area contributed by atoms with Gasteiger partial charge in [-0.2, -0.15) is 0 Å². The van der Waals surface area contributed by atoms with Gasteiger partial charge in [0.05, 0.1) is 0 Å². The molecule has 1 aromatic carbocycles. The zero-order valence-corrected chi connectivity index (χ0v) is 12.2. The Morgan fingerprint density at radius 1 is 1.28 bits per heavy atom. The van der Waals surface area contributed by atoms with E-state index in [9.17, 15) is 0 Å². The van der Waals surface area contributed by atoms with Crippen molar-refractivity contribution in [2.75, 3.05) is 26.3 Å². The standard InChI is InChI=1S/C15H24ClNO/c1-3-9-18-10-8-14(12-17-4-2)13-6-5-7-15(16)11-13/h5-7,11,14,17H,3-4,8-10,12H2,1-2H3. The summed E-state index contributed by atoms with van der Waals surface area (Å²) in [5, 5.41) is 4.22. The summed E-state index contributed by atoms with van der Waals surface area (Å²) in [7, 11) is 0. The lowest BCUT2D eigenvalue weighted by Crippen LogP contribution is -2.22. The van der Waals surface area contributed by atoms with E-state index in [0.717, 1.165) is 44.2 Å². The van der Waals surface area contributed by atoms with Gasteiger partial charge < -0.3 is 10.1 Å². The number of hydrogen-bond donors (Lipinski definition) is 1. The molecule has 0 fully saturated rings. The largest absolute Gasteiger partial charge is 0.381 e. The van der Waals surface area contributed by atoms with Crippen LogP contribution in [0.3, 0.4) is 0 Å². The fourth-order valence-electron chi connectivity index (χ4n) is 1.94. The van der Waals surface area contributed by atoms with Crippen LogP contribution >= 0.6 is 11.6 Å². The summed E-state index contributed by atoms with van der Waals surface area (Å²) in [4.78, 5) is 0. The van der Waals surface area contributed by atoms with Crippen LogP contribution in [0.2, 0.25) is 5.02 Å². The summed E-state index contributed by atoms with van der Waals surface area (Å²) < 4.78 is 5.58. The molecule has 0 bridgehead atoms. The lowest BCUT2D eigenvalue weighted by Gasteiger charge is -2.18. The molecule has 0 saturated carbocycles. The molecular weight excluding hydrogens is 246 g/mol. The van der Waals surface area contributed by atoms with E-state index in [4.69, 9.17) is 16.3 Å². The molecule has 2 nitrogen and oxygen atoms in total. The third-order valence-corrected chi connectivity index (χ3v) is 3.16. The van der Waals surface area contributed by atoms with E-state index in [0.29, 0.717) is 5.92 Å². The predicted molar refractivity (Wildman–Crippen MR) is 78.5 cm³/mol. The maximum atomic E-state index is 6.06. The van der Waals surface area contributed by atoms with Crippen LogP contribution in [-0.4, -0.2) is 26.3 Å². The summed E-state index contributed by atoms with van der Waals surface area (Å²) in [6, 6.07) is 8.14. The van der Waals surface area contributed by atoms with E-state index in [1.165, 1.54) is 5.56 Å². The fourth-order valence-corrected chi connectivity index (χ4v) is 2.14. The van der Waals surface area contributed by atoms with Gasteiger partial charge in [-0.15, -0.1) is 0 Å². The molecule has 102 valence electrons. The second kappa shape index (κ2) is 9.37. The molecule has 0 heterocycles. The number of ether oxygens (including phenoxy) is 1. The molecule has 0 radical (unpaired) electrons. The van der Waals surface area contributed by atoms with Crippen molar-refractivity contribution in [1.82, 2.24) is 5.32 Å². The number of likely N-dealkylation sites (N-methyl/N-ethyl adjacent to an activating group) is 1. The predicted octanol–water partition coefficient (Wildman–Crippen LogP) is 3.85. The highest BCUT2D eigenvalue weighted by Crippen LogP contribution is 2.22. The van der Waals surface area contributed by atoms with Crippen LogP contribution in [0.4, 0.5) is 0 Å². The Hall–Kier alpha value is -0.570. The van der Waals surface area contributed by atoms with Gasteiger partial charge in [-0.1, -0.05) is 37.6 Å². The molecule has 1 rings (SSSR count). The van der Waals surface area contributed by atoms with Crippen molar-refractivity contribution in [3.8, 4) is 0 Å². The molecule has 0 aliphatic heterocycles. The summed E-state index contributed by atoms with van der Waals surface area (Å²) in [5.74, 6) is 0.473. The van der Waals surface area contributed by atoms with Crippen LogP contribution in [0, 0.1) is 0 Å². The third kappa shape index (κ3) is 5.85. The Morgan fingerprint density at radius 2 is 2.11 bits per heavy atom. The second-order valence-corrected chi connectivity index (χ2v) is 4.90. The lowest BCUT2D eigenvalue weighted by atomic mass is 9.96. The first-order valence-corrected chi connectivity index (χ1v) is 7.19. The van der Waals surface area contributed by atoms with Gasteiger partial charge in [-0.25, -0.2) is 0 Å². The van der Waals surface area contributed by atoms with Crippen LogP contribution in [-0.2, 0) is 4.74 Å². The van der Waals surface area contributed by atoms with Crippen LogP contribution in [0.15, 0.2) is 24.3 Å². The quantitative estimate of drug-likeness (QED) is 0.688. The summed E-state index contributed by atoms with van der Waals surface area (Å²) >= 11 is 6.06. The summed E-state index contributed by atoms with van der Waals surface area (Å²) in [5.41, 5.74) is 1.29. The number of nitrogens with one attached hydrogen (secondary N) is 1. The molecule has 3 heteroatoms. The Bertz CT molecular complexity index is 330. The molecular formula is C15H24ClNO. The average Bonchev–Trinajstić information content (AvgIpc) is 2.38. The SMILES string of the molecule is CCCOCCC(CNCC)c1cccc(Cl)c1. The Kier molecular flexibility index (Phi) is 8.06.